The van der Waals surface area contributed by atoms with E-state index in [1.807, 2.05) is 0 Å². The minimum Gasteiger partial charge on any atom is -0.312 e. The van der Waals surface area contributed by atoms with Gasteiger partial charge < -0.3 is 5.32 Å². The zero-order chi connectivity index (χ0) is 11.1. The van der Waals surface area contributed by atoms with Crippen LogP contribution in [0.25, 0.3) is 0 Å². The van der Waals surface area contributed by atoms with Crippen LogP contribution in [0.3, 0.4) is 0 Å². The molecular weight excluding hydrogens is 338 g/mol. The summed E-state index contributed by atoms with van der Waals surface area (Å²) in [6, 6.07) is 2.17. The van der Waals surface area contributed by atoms with Crippen molar-refractivity contribution >= 4 is 43.2 Å². The van der Waals surface area contributed by atoms with Gasteiger partial charge in [0.15, 0.2) is 0 Å². The number of rotatable bonds is 7. The summed E-state index contributed by atoms with van der Waals surface area (Å²) in [5.41, 5.74) is 0. The van der Waals surface area contributed by atoms with Gasteiger partial charge in [0.05, 0.1) is 3.79 Å². The fourth-order valence-electron chi connectivity index (χ4n) is 1.37. The molecule has 0 bridgehead atoms. The summed E-state index contributed by atoms with van der Waals surface area (Å²) < 4.78 is 2.35. The molecule has 0 saturated heterocycles. The third kappa shape index (κ3) is 5.48. The molecule has 4 heteroatoms. The topological polar surface area (TPSA) is 12.0 Å². The SMILES string of the molecule is CCCCCCNCc1cc(Br)c(Br)s1. The smallest absolute Gasteiger partial charge is 0.0843 e. The zero-order valence-electron chi connectivity index (χ0n) is 8.98. The Hall–Kier alpha value is 0.620. The molecule has 0 aliphatic rings. The predicted molar refractivity (Wildman–Crippen MR) is 75.6 cm³/mol. The Kier molecular flexibility index (Phi) is 7.14. The van der Waals surface area contributed by atoms with Crippen molar-refractivity contribution in [1.29, 1.82) is 0 Å². The van der Waals surface area contributed by atoms with Crippen molar-refractivity contribution in [2.75, 3.05) is 6.54 Å². The Bertz CT molecular complexity index is 267. The normalized spacial score (nSPS) is 10.9. The first kappa shape index (κ1) is 13.7. The van der Waals surface area contributed by atoms with Crippen molar-refractivity contribution in [2.24, 2.45) is 0 Å². The monoisotopic (exact) mass is 353 g/mol. The lowest BCUT2D eigenvalue weighted by Crippen LogP contribution is -2.13. The first-order valence-electron chi connectivity index (χ1n) is 5.38. The van der Waals surface area contributed by atoms with Gasteiger partial charge in [0, 0.05) is 15.9 Å². The third-order valence-corrected chi connectivity index (χ3v) is 5.46. The molecule has 1 aromatic heterocycles. The molecule has 1 nitrogen and oxygen atoms in total. The summed E-state index contributed by atoms with van der Waals surface area (Å²) in [5, 5.41) is 3.47. The van der Waals surface area contributed by atoms with Crippen LogP contribution in [0.1, 0.15) is 37.5 Å². The second-order valence-electron chi connectivity index (χ2n) is 3.57. The fourth-order valence-corrected chi connectivity index (χ4v) is 3.51. The summed E-state index contributed by atoms with van der Waals surface area (Å²) in [7, 11) is 0. The van der Waals surface area contributed by atoms with Gasteiger partial charge in [-0.1, -0.05) is 26.2 Å². The van der Waals surface area contributed by atoms with E-state index in [-0.39, 0.29) is 0 Å². The molecule has 0 aromatic carbocycles. The molecule has 0 atom stereocenters. The quantitative estimate of drug-likeness (QED) is 0.683. The van der Waals surface area contributed by atoms with Crippen molar-refractivity contribution in [2.45, 2.75) is 39.2 Å². The van der Waals surface area contributed by atoms with Crippen LogP contribution in [0.15, 0.2) is 14.3 Å². The maximum Gasteiger partial charge on any atom is 0.0843 e. The summed E-state index contributed by atoms with van der Waals surface area (Å²) in [5.74, 6) is 0. The first-order chi connectivity index (χ1) is 7.24. The van der Waals surface area contributed by atoms with E-state index in [0.717, 1.165) is 17.6 Å². The second-order valence-corrected chi connectivity index (χ2v) is 6.88. The molecular formula is C11H17Br2NS. The third-order valence-electron chi connectivity index (χ3n) is 2.20. The number of halogens is 2. The van der Waals surface area contributed by atoms with Crippen molar-refractivity contribution in [3.05, 3.63) is 19.2 Å². The van der Waals surface area contributed by atoms with Gasteiger partial charge in [-0.3, -0.25) is 0 Å². The Labute approximate surface area is 113 Å². The molecule has 0 fully saturated rings. The molecule has 1 aromatic rings. The van der Waals surface area contributed by atoms with E-state index < -0.39 is 0 Å². The van der Waals surface area contributed by atoms with E-state index in [4.69, 9.17) is 0 Å². The molecule has 0 aliphatic heterocycles. The summed E-state index contributed by atoms with van der Waals surface area (Å²) in [6.07, 6.45) is 5.31. The summed E-state index contributed by atoms with van der Waals surface area (Å²) >= 11 is 8.79. The number of thiophene rings is 1. The Morgan fingerprint density at radius 1 is 1.27 bits per heavy atom. The van der Waals surface area contributed by atoms with Crippen molar-refractivity contribution in [3.8, 4) is 0 Å². The summed E-state index contributed by atoms with van der Waals surface area (Å²) in [6.45, 7) is 4.36. The van der Waals surface area contributed by atoms with Gasteiger partial charge in [-0.05, 0) is 50.9 Å². The Morgan fingerprint density at radius 3 is 2.67 bits per heavy atom. The van der Waals surface area contributed by atoms with E-state index in [0.29, 0.717) is 0 Å². The molecule has 86 valence electrons. The van der Waals surface area contributed by atoms with Crippen molar-refractivity contribution in [1.82, 2.24) is 5.32 Å². The standard InChI is InChI=1S/C11H17Br2NS/c1-2-3-4-5-6-14-8-9-7-10(12)11(13)15-9/h7,14H,2-6,8H2,1H3. The van der Waals surface area contributed by atoms with Gasteiger partial charge in [-0.2, -0.15) is 0 Å². The highest BCUT2D eigenvalue weighted by Gasteiger charge is 2.02. The van der Waals surface area contributed by atoms with Crippen LogP contribution in [-0.4, -0.2) is 6.54 Å². The van der Waals surface area contributed by atoms with Gasteiger partial charge >= 0.3 is 0 Å². The van der Waals surface area contributed by atoms with Gasteiger partial charge in [0.1, 0.15) is 0 Å². The van der Waals surface area contributed by atoms with E-state index in [9.17, 15) is 0 Å². The highest BCUT2D eigenvalue weighted by Crippen LogP contribution is 2.32. The highest BCUT2D eigenvalue weighted by atomic mass is 79.9. The molecule has 1 rings (SSSR count). The average Bonchev–Trinajstić information content (AvgIpc) is 2.52. The molecule has 0 amide bonds. The van der Waals surface area contributed by atoms with Crippen LogP contribution in [-0.2, 0) is 6.54 Å². The molecule has 0 unspecified atom stereocenters. The lowest BCUT2D eigenvalue weighted by Gasteiger charge is -2.01. The highest BCUT2D eigenvalue weighted by molar-refractivity contribution is 9.13. The number of hydrogen-bond acceptors (Lipinski definition) is 2. The van der Waals surface area contributed by atoms with Crippen LogP contribution < -0.4 is 5.32 Å². The van der Waals surface area contributed by atoms with E-state index >= 15 is 0 Å². The van der Waals surface area contributed by atoms with Crippen LogP contribution in [0.2, 0.25) is 0 Å². The molecule has 0 spiro atoms. The first-order valence-corrected chi connectivity index (χ1v) is 7.78. The van der Waals surface area contributed by atoms with E-state index in [1.54, 1.807) is 11.3 Å². The predicted octanol–water partition coefficient (Wildman–Crippen LogP) is 4.94. The van der Waals surface area contributed by atoms with E-state index in [1.165, 1.54) is 34.3 Å². The average molecular weight is 355 g/mol. The Morgan fingerprint density at radius 2 is 2.07 bits per heavy atom. The molecule has 1 heterocycles. The summed E-state index contributed by atoms with van der Waals surface area (Å²) in [4.78, 5) is 1.38. The van der Waals surface area contributed by atoms with Crippen molar-refractivity contribution < 1.29 is 0 Å². The maximum absolute atomic E-state index is 3.50. The molecule has 15 heavy (non-hydrogen) atoms. The lowest BCUT2D eigenvalue weighted by molar-refractivity contribution is 0.600. The largest absolute Gasteiger partial charge is 0.312 e. The van der Waals surface area contributed by atoms with Crippen LogP contribution >= 0.6 is 43.2 Å². The van der Waals surface area contributed by atoms with Crippen LogP contribution in [0.5, 0.6) is 0 Å². The van der Waals surface area contributed by atoms with Crippen LogP contribution in [0, 0.1) is 0 Å². The lowest BCUT2D eigenvalue weighted by atomic mass is 10.2. The maximum atomic E-state index is 3.50. The minimum atomic E-state index is 0.987. The minimum absolute atomic E-state index is 0.987. The van der Waals surface area contributed by atoms with Gasteiger partial charge in [-0.25, -0.2) is 0 Å². The van der Waals surface area contributed by atoms with Crippen LogP contribution in [0.4, 0.5) is 0 Å². The van der Waals surface area contributed by atoms with E-state index in [2.05, 4.69) is 50.2 Å². The van der Waals surface area contributed by atoms with Gasteiger partial charge in [0.2, 0.25) is 0 Å². The number of nitrogens with one attached hydrogen (secondary N) is 1. The molecule has 0 radical (unpaired) electrons. The van der Waals surface area contributed by atoms with Crippen molar-refractivity contribution in [3.63, 3.8) is 0 Å². The molecule has 0 saturated carbocycles. The fraction of sp³-hybridized carbons (Fsp3) is 0.636. The molecule has 0 aliphatic carbocycles. The van der Waals surface area contributed by atoms with Gasteiger partial charge in [-0.15, -0.1) is 11.3 Å². The zero-order valence-corrected chi connectivity index (χ0v) is 13.0. The van der Waals surface area contributed by atoms with Gasteiger partial charge in [0.25, 0.3) is 0 Å². The molecule has 1 N–H and O–H groups in total. The second kappa shape index (κ2) is 7.82. The number of hydrogen-bond donors (Lipinski definition) is 1. The number of unbranched alkanes of at least 4 members (excludes halogenated alkanes) is 3. The Balaban J connectivity index is 2.10.